The number of esters is 4. The van der Waals surface area contributed by atoms with Gasteiger partial charge in [0.25, 0.3) is 5.91 Å². The van der Waals surface area contributed by atoms with Crippen LogP contribution in [0.5, 0.6) is 5.75 Å². The molecule has 16 nitrogen and oxygen atoms in total. The van der Waals surface area contributed by atoms with Crippen molar-refractivity contribution >= 4 is 41.9 Å². The topological polar surface area (TPSA) is 227 Å². The highest BCUT2D eigenvalue weighted by molar-refractivity contribution is 5.96. The van der Waals surface area contributed by atoms with Crippen LogP contribution in [-0.4, -0.2) is 106 Å². The van der Waals surface area contributed by atoms with Crippen LogP contribution >= 0.6 is 0 Å². The Morgan fingerprint density at radius 2 is 1.40 bits per heavy atom. The molecule has 4 aromatic rings. The third kappa shape index (κ3) is 8.57. The lowest BCUT2D eigenvalue weighted by Gasteiger charge is -2.67. The zero-order chi connectivity index (χ0) is 50.3. The SMILES string of the molecule is CC(=O)O[C@@H]1C(=O)[C@@]2(C)[C@H](O)CC3OC[C@]3(OC(C)=O)[C@@H]2[C@@H](OC(=O)c2ccccc2)[C@@]2(O)C[C@@H](OC(=O)[C@H](Oc3ccc(C=O)cc3)[C@@H](NC(=O)c3ccccc3)c3ccccc3)C(C)=C1C2(C)C. The van der Waals surface area contributed by atoms with Gasteiger partial charge in [0.05, 0.1) is 29.6 Å². The van der Waals surface area contributed by atoms with Gasteiger partial charge in [-0.25, -0.2) is 9.59 Å². The van der Waals surface area contributed by atoms with Gasteiger partial charge in [0.1, 0.15) is 42.0 Å². The fourth-order valence-electron chi connectivity index (χ4n) is 11.1. The Morgan fingerprint density at radius 1 is 0.800 bits per heavy atom. The lowest BCUT2D eigenvalue weighted by Crippen LogP contribution is -2.82. The lowest BCUT2D eigenvalue weighted by molar-refractivity contribution is -0.346. The lowest BCUT2D eigenvalue weighted by atomic mass is 9.44. The zero-order valence-corrected chi connectivity index (χ0v) is 39.5. The molecule has 4 aromatic carbocycles. The quantitative estimate of drug-likeness (QED) is 0.0638. The second-order valence-electron chi connectivity index (χ2n) is 19.1. The van der Waals surface area contributed by atoms with E-state index in [1.807, 2.05) is 0 Å². The van der Waals surface area contributed by atoms with Gasteiger partial charge in [0.2, 0.25) is 6.10 Å². The Balaban J connectivity index is 1.31. The van der Waals surface area contributed by atoms with E-state index in [0.29, 0.717) is 17.4 Å². The maximum Gasteiger partial charge on any atom is 0.350 e. The fraction of sp³-hybridized carbons (Fsp3) is 0.389. The van der Waals surface area contributed by atoms with Gasteiger partial charge in [0, 0.05) is 43.2 Å². The molecular formula is C54H55NO15. The molecule has 2 bridgehead atoms. The van der Waals surface area contributed by atoms with Crippen molar-refractivity contribution in [2.24, 2.45) is 16.7 Å². The highest BCUT2D eigenvalue weighted by atomic mass is 16.6. The van der Waals surface area contributed by atoms with Crippen molar-refractivity contribution in [1.82, 2.24) is 5.32 Å². The smallest absolute Gasteiger partial charge is 0.350 e. The van der Waals surface area contributed by atoms with Crippen molar-refractivity contribution in [3.05, 3.63) is 149 Å². The number of rotatable bonds is 13. The highest BCUT2D eigenvalue weighted by Gasteiger charge is 2.78. The van der Waals surface area contributed by atoms with E-state index in [-0.39, 0.29) is 41.1 Å². The van der Waals surface area contributed by atoms with Gasteiger partial charge in [-0.05, 0) is 79.1 Å². The van der Waals surface area contributed by atoms with Crippen LogP contribution in [0.15, 0.2) is 126 Å². The van der Waals surface area contributed by atoms with Crippen LogP contribution in [0.4, 0.5) is 0 Å². The van der Waals surface area contributed by atoms with Gasteiger partial charge in [-0.1, -0.05) is 80.6 Å². The van der Waals surface area contributed by atoms with Crippen molar-refractivity contribution in [2.45, 2.75) is 108 Å². The molecule has 16 heteroatoms. The molecule has 0 aromatic heterocycles. The van der Waals surface area contributed by atoms with Gasteiger partial charge in [-0.3, -0.25) is 24.0 Å². The molecule has 366 valence electrons. The summed E-state index contributed by atoms with van der Waals surface area (Å²) in [6.45, 7) is 8.04. The van der Waals surface area contributed by atoms with Crippen molar-refractivity contribution in [2.75, 3.05) is 6.61 Å². The summed E-state index contributed by atoms with van der Waals surface area (Å²) >= 11 is 0. The van der Waals surface area contributed by atoms with Crippen molar-refractivity contribution < 1.29 is 72.2 Å². The van der Waals surface area contributed by atoms with Gasteiger partial charge in [-0.2, -0.15) is 0 Å². The Hall–Kier alpha value is -7.01. The molecule has 1 aliphatic heterocycles. The third-order valence-corrected chi connectivity index (χ3v) is 14.7. The van der Waals surface area contributed by atoms with E-state index in [1.54, 1.807) is 99.6 Å². The molecule has 3 fully saturated rings. The number of nitrogens with one attached hydrogen (secondary N) is 1. The number of ether oxygens (including phenoxy) is 6. The van der Waals surface area contributed by atoms with Crippen LogP contribution in [0.25, 0.3) is 0 Å². The zero-order valence-electron chi connectivity index (χ0n) is 39.5. The van der Waals surface area contributed by atoms with Crippen molar-refractivity contribution in [3.8, 4) is 5.75 Å². The molecule has 1 saturated heterocycles. The number of Topliss-reactive ketones (excluding diaryl/α,β-unsaturated/α-hetero) is 1. The molecule has 11 atom stereocenters. The van der Waals surface area contributed by atoms with Gasteiger partial charge < -0.3 is 44.0 Å². The summed E-state index contributed by atoms with van der Waals surface area (Å²) in [7, 11) is 0. The number of aliphatic hydroxyl groups excluding tert-OH is 1. The molecule has 3 aliphatic carbocycles. The number of aliphatic hydroxyl groups is 2. The number of carbonyl (C=O) groups excluding carboxylic acids is 7. The number of hydrogen-bond donors (Lipinski definition) is 3. The first-order valence-corrected chi connectivity index (χ1v) is 23.0. The first-order chi connectivity index (χ1) is 33.3. The molecule has 4 aliphatic rings. The molecule has 8 rings (SSSR count). The average molecular weight is 958 g/mol. The number of benzene rings is 4. The minimum atomic E-state index is -2.42. The van der Waals surface area contributed by atoms with E-state index in [2.05, 4.69) is 5.32 Å². The van der Waals surface area contributed by atoms with Crippen molar-refractivity contribution in [3.63, 3.8) is 0 Å². The highest BCUT2D eigenvalue weighted by Crippen LogP contribution is 2.64. The Kier molecular flexibility index (Phi) is 13.5. The first kappa shape index (κ1) is 49.4. The minimum Gasteiger partial charge on any atom is -0.476 e. The number of fused-ring (bicyclic) bond motifs is 5. The van der Waals surface area contributed by atoms with Crippen LogP contribution in [0.1, 0.15) is 97.1 Å². The molecule has 2 saturated carbocycles. The fourth-order valence-corrected chi connectivity index (χ4v) is 11.1. The van der Waals surface area contributed by atoms with Crippen LogP contribution < -0.4 is 10.1 Å². The van der Waals surface area contributed by atoms with E-state index in [4.69, 9.17) is 28.4 Å². The molecule has 1 amide bonds. The number of ketones is 1. The molecule has 1 heterocycles. The second kappa shape index (κ2) is 19.1. The average Bonchev–Trinajstić information content (AvgIpc) is 3.34. The summed E-state index contributed by atoms with van der Waals surface area (Å²) in [5.41, 5.74) is -6.73. The van der Waals surface area contributed by atoms with Crippen LogP contribution in [-0.2, 0) is 42.9 Å². The molecular weight excluding hydrogens is 903 g/mol. The normalized spacial score (nSPS) is 29.4. The van der Waals surface area contributed by atoms with E-state index in [9.17, 15) is 34.2 Å². The van der Waals surface area contributed by atoms with Crippen molar-refractivity contribution in [1.29, 1.82) is 0 Å². The van der Waals surface area contributed by atoms with Gasteiger partial charge >= 0.3 is 23.9 Å². The summed E-state index contributed by atoms with van der Waals surface area (Å²) in [5, 5.41) is 29.1. The minimum absolute atomic E-state index is 0.000635. The van der Waals surface area contributed by atoms with E-state index >= 15 is 9.59 Å². The predicted molar refractivity (Wildman–Crippen MR) is 248 cm³/mol. The number of hydrogen-bond acceptors (Lipinski definition) is 15. The molecule has 70 heavy (non-hydrogen) atoms. The Bertz CT molecular complexity index is 2710. The summed E-state index contributed by atoms with van der Waals surface area (Å²) in [4.78, 5) is 97.4. The Labute approximate surface area is 404 Å². The van der Waals surface area contributed by atoms with Crippen LogP contribution in [0, 0.1) is 16.7 Å². The predicted octanol–water partition coefficient (Wildman–Crippen LogP) is 5.63. The van der Waals surface area contributed by atoms with E-state index < -0.39 is 113 Å². The maximum atomic E-state index is 15.7. The molecule has 3 N–H and O–H groups in total. The van der Waals surface area contributed by atoms with Crippen LogP contribution in [0.2, 0.25) is 0 Å². The standard InChI is InChI=1S/C54H55NO15/c1-30-38(68-50(63)44(67-37-24-22-33(28-56)23-25-37)42(34-16-10-7-11-17-34)55-48(61)35-18-12-8-13-19-35)27-54(64)47(69-49(62)36-20-14-9-15-21-36)45-52(6,39(59)26-40-53(45,29-65-40)70-32(3)58)46(60)43(66-31(2)57)41(30)51(54,4)5/h7-25,28,38-40,42-45,47,59,64H,26-27,29H2,1-6H3,(H,55,61)/t38-,39-,40?,42+,43+,44-,45-,47-,52+,53-,54+/m1/s1. The summed E-state index contributed by atoms with van der Waals surface area (Å²) in [5.74, 6) is -6.58. The molecule has 0 spiro atoms. The maximum absolute atomic E-state index is 15.7. The summed E-state index contributed by atoms with van der Waals surface area (Å²) in [6, 6.07) is 29.3. The van der Waals surface area contributed by atoms with Gasteiger partial charge in [0.15, 0.2) is 17.5 Å². The summed E-state index contributed by atoms with van der Waals surface area (Å²) < 4.78 is 37.4. The summed E-state index contributed by atoms with van der Waals surface area (Å²) in [6.07, 6.45) is -9.66. The number of amides is 1. The van der Waals surface area contributed by atoms with E-state index in [0.717, 1.165) is 13.8 Å². The van der Waals surface area contributed by atoms with E-state index in [1.165, 1.54) is 43.3 Å². The Morgan fingerprint density at radius 3 is 1.96 bits per heavy atom. The number of aldehydes is 1. The number of carbonyl (C=O) groups is 7. The van der Waals surface area contributed by atoms with Crippen LogP contribution in [0.3, 0.4) is 0 Å². The largest absolute Gasteiger partial charge is 0.476 e. The molecule has 1 unspecified atom stereocenters. The monoisotopic (exact) mass is 957 g/mol. The van der Waals surface area contributed by atoms with Gasteiger partial charge in [-0.15, -0.1) is 0 Å². The third-order valence-electron chi connectivity index (χ3n) is 14.7. The first-order valence-electron chi connectivity index (χ1n) is 23.0. The second-order valence-corrected chi connectivity index (χ2v) is 19.1. The molecule has 0 radical (unpaired) electrons.